The Labute approximate surface area is 180 Å². The Bertz CT molecular complexity index is 974. The molecule has 1 N–H and O–H groups in total. The molecule has 0 saturated carbocycles. The lowest BCUT2D eigenvalue weighted by Crippen LogP contribution is -2.49. The molecule has 2 aromatic rings. The molecule has 2 aromatic carbocycles. The van der Waals surface area contributed by atoms with E-state index in [0.717, 1.165) is 29.1 Å². The molecule has 0 aliphatic carbocycles. The van der Waals surface area contributed by atoms with Gasteiger partial charge in [-0.05, 0) is 31.5 Å². The zero-order valence-electron chi connectivity index (χ0n) is 17.1. The second kappa shape index (κ2) is 8.92. The predicted molar refractivity (Wildman–Crippen MR) is 120 cm³/mol. The second-order valence-electron chi connectivity index (χ2n) is 7.46. The van der Waals surface area contributed by atoms with Gasteiger partial charge in [0.15, 0.2) is 5.17 Å². The summed E-state index contributed by atoms with van der Waals surface area (Å²) in [5, 5.41) is 3.64. The largest absolute Gasteiger partial charge is 0.496 e. The quantitative estimate of drug-likeness (QED) is 0.814. The van der Waals surface area contributed by atoms with Gasteiger partial charge in [-0.3, -0.25) is 14.6 Å². The van der Waals surface area contributed by atoms with E-state index in [9.17, 15) is 9.59 Å². The number of piperidine rings is 1. The van der Waals surface area contributed by atoms with Gasteiger partial charge >= 0.3 is 0 Å². The number of carbonyl (C=O) groups is 2. The summed E-state index contributed by atoms with van der Waals surface area (Å²) in [7, 11) is 1.61. The highest BCUT2D eigenvalue weighted by Crippen LogP contribution is 2.43. The van der Waals surface area contributed by atoms with E-state index in [2.05, 4.69) is 10.3 Å². The molecule has 0 spiro atoms. The van der Waals surface area contributed by atoms with Crippen LogP contribution in [-0.4, -0.2) is 36.4 Å². The van der Waals surface area contributed by atoms with Crippen LogP contribution in [0.1, 0.15) is 30.0 Å². The lowest BCUT2D eigenvalue weighted by atomic mass is 9.82. The number of benzene rings is 2. The number of thioether (sulfide) groups is 1. The maximum atomic E-state index is 13.3. The summed E-state index contributed by atoms with van der Waals surface area (Å²) in [4.78, 5) is 32.5. The van der Waals surface area contributed by atoms with Crippen molar-refractivity contribution in [2.24, 2.45) is 10.9 Å². The van der Waals surface area contributed by atoms with E-state index in [-0.39, 0.29) is 11.8 Å². The van der Waals surface area contributed by atoms with Crippen molar-refractivity contribution >= 4 is 34.4 Å². The third kappa shape index (κ3) is 4.07. The van der Waals surface area contributed by atoms with Crippen LogP contribution in [0.15, 0.2) is 53.5 Å². The molecular weight excluding hydrogens is 398 g/mol. The van der Waals surface area contributed by atoms with Crippen LogP contribution in [0.3, 0.4) is 0 Å². The minimum absolute atomic E-state index is 0.00592. The van der Waals surface area contributed by atoms with E-state index < -0.39 is 12.0 Å². The highest BCUT2D eigenvalue weighted by molar-refractivity contribution is 8.14. The maximum absolute atomic E-state index is 13.3. The molecule has 0 radical (unpaired) electrons. The molecule has 4 rings (SSSR count). The average molecular weight is 424 g/mol. The molecule has 1 saturated heterocycles. The molecule has 2 amide bonds. The van der Waals surface area contributed by atoms with Crippen molar-refractivity contribution in [1.29, 1.82) is 0 Å². The lowest BCUT2D eigenvalue weighted by molar-refractivity contribution is -0.128. The molecule has 2 aliphatic rings. The van der Waals surface area contributed by atoms with E-state index in [0.29, 0.717) is 23.8 Å². The number of nitrogens with zero attached hydrogens (tertiary/aromatic N) is 2. The summed E-state index contributed by atoms with van der Waals surface area (Å²) in [5.74, 6) is 1.03. The van der Waals surface area contributed by atoms with Gasteiger partial charge in [-0.15, -0.1) is 0 Å². The van der Waals surface area contributed by atoms with Crippen LogP contribution in [-0.2, 0) is 9.59 Å². The monoisotopic (exact) mass is 423 g/mol. The minimum Gasteiger partial charge on any atom is -0.496 e. The number of methoxy groups -OCH3 is 1. The van der Waals surface area contributed by atoms with E-state index in [4.69, 9.17) is 4.74 Å². The number of amides is 2. The van der Waals surface area contributed by atoms with Crippen molar-refractivity contribution in [3.05, 3.63) is 59.7 Å². The first-order valence-electron chi connectivity index (χ1n) is 10.1. The van der Waals surface area contributed by atoms with Gasteiger partial charge in [0.2, 0.25) is 11.8 Å². The summed E-state index contributed by atoms with van der Waals surface area (Å²) in [6.45, 7) is 2.73. The lowest BCUT2D eigenvalue weighted by Gasteiger charge is -2.41. The van der Waals surface area contributed by atoms with Crippen LogP contribution in [0.5, 0.6) is 5.75 Å². The normalized spacial score (nSPS) is 21.3. The van der Waals surface area contributed by atoms with E-state index >= 15 is 0 Å². The zero-order valence-corrected chi connectivity index (χ0v) is 17.9. The van der Waals surface area contributed by atoms with Gasteiger partial charge in [0.25, 0.3) is 0 Å². The van der Waals surface area contributed by atoms with E-state index in [1.165, 1.54) is 0 Å². The fourth-order valence-corrected chi connectivity index (χ4v) is 4.78. The first kappa shape index (κ1) is 20.5. The Kier molecular flexibility index (Phi) is 6.08. The van der Waals surface area contributed by atoms with Crippen LogP contribution in [0, 0.1) is 12.8 Å². The molecule has 2 heterocycles. The van der Waals surface area contributed by atoms with Crippen LogP contribution in [0.25, 0.3) is 0 Å². The molecule has 6 nitrogen and oxygen atoms in total. The molecule has 30 heavy (non-hydrogen) atoms. The fraction of sp³-hybridized carbons (Fsp3) is 0.348. The average Bonchev–Trinajstić information content (AvgIpc) is 3.27. The summed E-state index contributed by atoms with van der Waals surface area (Å²) in [6, 6.07) is 15.0. The minimum atomic E-state index is -0.461. The standard InChI is InChI=1S/C23H25N3O3S/c1-15-7-9-16(10-8-15)26-20(27)12-11-18(22(28)25-23-24-13-14-30-23)21(26)17-5-3-4-6-19(17)29-2/h3-10,18,21H,11-14H2,1-2H3,(H,24,25,28)/t18-,21+/m1/s1. The van der Waals surface area contributed by atoms with Gasteiger partial charge < -0.3 is 15.0 Å². The van der Waals surface area contributed by atoms with Crippen LogP contribution in [0.2, 0.25) is 0 Å². The van der Waals surface area contributed by atoms with Gasteiger partial charge in [-0.1, -0.05) is 47.7 Å². The predicted octanol–water partition coefficient (Wildman–Crippen LogP) is 3.71. The molecule has 0 bridgehead atoms. The molecule has 156 valence electrons. The number of aliphatic imine (C=N–C) groups is 1. The molecule has 7 heteroatoms. The molecular formula is C23H25N3O3S. The van der Waals surface area contributed by atoms with Gasteiger partial charge in [-0.25, -0.2) is 0 Å². The van der Waals surface area contributed by atoms with Crippen molar-refractivity contribution in [3.8, 4) is 5.75 Å². The van der Waals surface area contributed by atoms with Gasteiger partial charge in [-0.2, -0.15) is 0 Å². The number of amidine groups is 1. The van der Waals surface area contributed by atoms with Gasteiger partial charge in [0.1, 0.15) is 5.75 Å². The first-order valence-corrected chi connectivity index (χ1v) is 11.1. The third-order valence-corrected chi connectivity index (χ3v) is 6.41. The van der Waals surface area contributed by atoms with Crippen LogP contribution >= 0.6 is 11.8 Å². The Morgan fingerprint density at radius 2 is 1.97 bits per heavy atom. The summed E-state index contributed by atoms with van der Waals surface area (Å²) in [6.07, 6.45) is 0.797. The smallest absolute Gasteiger partial charge is 0.231 e. The third-order valence-electron chi connectivity index (χ3n) is 5.52. The number of hydrogen-bond donors (Lipinski definition) is 1. The number of anilines is 1. The number of ether oxygens (including phenoxy) is 1. The van der Waals surface area contributed by atoms with Gasteiger partial charge in [0.05, 0.1) is 25.6 Å². The topological polar surface area (TPSA) is 71.0 Å². The highest BCUT2D eigenvalue weighted by atomic mass is 32.2. The Hall–Kier alpha value is -2.80. The molecule has 2 atom stereocenters. The van der Waals surface area contributed by atoms with E-state index in [1.54, 1.807) is 23.8 Å². The Morgan fingerprint density at radius 3 is 2.67 bits per heavy atom. The van der Waals surface area contributed by atoms with Crippen molar-refractivity contribution in [1.82, 2.24) is 5.32 Å². The number of rotatable bonds is 4. The molecule has 0 aromatic heterocycles. The number of carbonyl (C=O) groups excluding carboxylic acids is 2. The van der Waals surface area contributed by atoms with Crippen LogP contribution < -0.4 is 15.0 Å². The van der Waals surface area contributed by atoms with Crippen molar-refractivity contribution in [3.63, 3.8) is 0 Å². The Morgan fingerprint density at radius 1 is 1.20 bits per heavy atom. The summed E-state index contributed by atoms with van der Waals surface area (Å²) < 4.78 is 5.60. The molecule has 2 aliphatic heterocycles. The SMILES string of the molecule is COc1ccccc1[C@H]1[C@H](C(=O)NC2=NCCS2)CCC(=O)N1c1ccc(C)cc1. The molecule has 1 fully saturated rings. The molecule has 0 unspecified atom stereocenters. The second-order valence-corrected chi connectivity index (χ2v) is 8.54. The van der Waals surface area contributed by atoms with Crippen molar-refractivity contribution < 1.29 is 14.3 Å². The number of aryl methyl sites for hydroxylation is 1. The van der Waals surface area contributed by atoms with Crippen molar-refractivity contribution in [2.45, 2.75) is 25.8 Å². The summed E-state index contributed by atoms with van der Waals surface area (Å²) >= 11 is 1.55. The highest BCUT2D eigenvalue weighted by Gasteiger charge is 2.43. The Balaban J connectivity index is 1.77. The number of hydrogen-bond acceptors (Lipinski definition) is 5. The van der Waals surface area contributed by atoms with Crippen LogP contribution in [0.4, 0.5) is 5.69 Å². The van der Waals surface area contributed by atoms with Gasteiger partial charge in [0, 0.05) is 23.4 Å². The summed E-state index contributed by atoms with van der Waals surface area (Å²) in [5.41, 5.74) is 2.73. The van der Waals surface area contributed by atoms with Crippen molar-refractivity contribution in [2.75, 3.05) is 24.3 Å². The number of nitrogens with one attached hydrogen (secondary N) is 1. The fourth-order valence-electron chi connectivity index (χ4n) is 4.05. The maximum Gasteiger partial charge on any atom is 0.231 e. The van der Waals surface area contributed by atoms with E-state index in [1.807, 2.05) is 55.5 Å². The zero-order chi connectivity index (χ0) is 21.1. The first-order chi connectivity index (χ1) is 14.6. The number of para-hydroxylation sites is 1.